The molecule has 0 heterocycles. The SMILES string of the molecule is C#CC[Si]O. The Morgan fingerprint density at radius 2 is 2.60 bits per heavy atom. The summed E-state index contributed by atoms with van der Waals surface area (Å²) in [7, 11) is -0.0783. The van der Waals surface area contributed by atoms with Crippen molar-refractivity contribution in [2.75, 3.05) is 0 Å². The van der Waals surface area contributed by atoms with E-state index in [-0.39, 0.29) is 9.76 Å². The Kier molecular flexibility index (Phi) is 3.54. The van der Waals surface area contributed by atoms with Crippen LogP contribution in [0.1, 0.15) is 0 Å². The highest BCUT2D eigenvalue weighted by Gasteiger charge is 1.68. The first-order valence-corrected chi connectivity index (χ1v) is 2.37. The molecule has 0 spiro atoms. The van der Waals surface area contributed by atoms with Gasteiger partial charge in [0.05, 0.1) is 0 Å². The van der Waals surface area contributed by atoms with Gasteiger partial charge in [-0.2, -0.15) is 0 Å². The largest absolute Gasteiger partial charge is 0.431 e. The van der Waals surface area contributed by atoms with Gasteiger partial charge < -0.3 is 4.80 Å². The van der Waals surface area contributed by atoms with Crippen molar-refractivity contribution in [2.45, 2.75) is 6.04 Å². The first kappa shape index (κ1) is 4.74. The molecule has 2 radical (unpaired) electrons. The molecular formula is C3H4OSi. The molecule has 0 aromatic heterocycles. The summed E-state index contributed by atoms with van der Waals surface area (Å²) in [5.74, 6) is 2.28. The molecule has 26 valence electrons. The Labute approximate surface area is 34.0 Å². The van der Waals surface area contributed by atoms with E-state index in [0.717, 1.165) is 0 Å². The van der Waals surface area contributed by atoms with Crippen LogP contribution in [0, 0.1) is 12.3 Å². The van der Waals surface area contributed by atoms with Crippen LogP contribution >= 0.6 is 0 Å². The van der Waals surface area contributed by atoms with E-state index in [9.17, 15) is 0 Å². The van der Waals surface area contributed by atoms with Crippen molar-refractivity contribution in [3.05, 3.63) is 0 Å². The van der Waals surface area contributed by atoms with Crippen molar-refractivity contribution >= 4 is 9.76 Å². The van der Waals surface area contributed by atoms with Gasteiger partial charge in [-0.3, -0.25) is 0 Å². The fourth-order valence-electron chi connectivity index (χ4n) is 0.0456. The highest BCUT2D eigenvalue weighted by Crippen LogP contribution is 1.61. The van der Waals surface area contributed by atoms with Gasteiger partial charge in [0.15, 0.2) is 0 Å². The molecule has 0 aromatic rings. The van der Waals surface area contributed by atoms with Gasteiger partial charge in [-0.15, -0.1) is 12.3 Å². The molecule has 0 aliphatic heterocycles. The zero-order valence-corrected chi connectivity index (χ0v) is 3.73. The van der Waals surface area contributed by atoms with Gasteiger partial charge >= 0.3 is 0 Å². The summed E-state index contributed by atoms with van der Waals surface area (Å²) in [6.45, 7) is 0. The summed E-state index contributed by atoms with van der Waals surface area (Å²) >= 11 is 0. The van der Waals surface area contributed by atoms with Crippen LogP contribution < -0.4 is 0 Å². The van der Waals surface area contributed by atoms with Gasteiger partial charge in [0.2, 0.25) is 9.76 Å². The second kappa shape index (κ2) is 3.74. The molecule has 0 atom stereocenters. The minimum atomic E-state index is -0.0783. The fourth-order valence-corrected chi connectivity index (χ4v) is 0.137. The van der Waals surface area contributed by atoms with Crippen molar-refractivity contribution in [3.8, 4) is 12.3 Å². The Morgan fingerprint density at radius 1 is 2.00 bits per heavy atom. The number of hydrogen-bond donors (Lipinski definition) is 1. The van der Waals surface area contributed by atoms with E-state index in [2.05, 4.69) is 5.92 Å². The lowest BCUT2D eigenvalue weighted by atomic mass is 10.8. The van der Waals surface area contributed by atoms with Crippen LogP contribution in [0.2, 0.25) is 6.04 Å². The lowest BCUT2D eigenvalue weighted by molar-refractivity contribution is 0.606. The molecule has 0 rings (SSSR count). The van der Waals surface area contributed by atoms with Crippen molar-refractivity contribution in [3.63, 3.8) is 0 Å². The minimum Gasteiger partial charge on any atom is -0.431 e. The smallest absolute Gasteiger partial charge is 0.237 e. The molecule has 0 saturated carbocycles. The van der Waals surface area contributed by atoms with Crippen molar-refractivity contribution < 1.29 is 4.80 Å². The van der Waals surface area contributed by atoms with Crippen LogP contribution in [-0.2, 0) is 0 Å². The molecule has 1 nitrogen and oxygen atoms in total. The summed E-state index contributed by atoms with van der Waals surface area (Å²) in [6.07, 6.45) is 4.74. The highest BCUT2D eigenvalue weighted by atomic mass is 28.2. The standard InChI is InChI=1S/C3H4OSi/c1-2-3-5-4/h1,4H,3H2. The predicted octanol–water partition coefficient (Wildman–Crippen LogP) is -0.351. The Bertz CT molecular complexity index is 45.3. The van der Waals surface area contributed by atoms with E-state index in [1.165, 1.54) is 0 Å². The molecule has 5 heavy (non-hydrogen) atoms. The predicted molar refractivity (Wildman–Crippen MR) is 21.6 cm³/mol. The van der Waals surface area contributed by atoms with E-state index in [0.29, 0.717) is 6.04 Å². The topological polar surface area (TPSA) is 20.2 Å². The molecule has 0 bridgehead atoms. The molecule has 2 heteroatoms. The number of rotatable bonds is 1. The quantitative estimate of drug-likeness (QED) is 0.340. The zero-order chi connectivity index (χ0) is 4.12. The van der Waals surface area contributed by atoms with Crippen LogP contribution in [0.25, 0.3) is 0 Å². The fraction of sp³-hybridized carbons (Fsp3) is 0.333. The van der Waals surface area contributed by atoms with Gasteiger partial charge in [0.1, 0.15) is 0 Å². The van der Waals surface area contributed by atoms with E-state index >= 15 is 0 Å². The maximum Gasteiger partial charge on any atom is 0.237 e. The lowest BCUT2D eigenvalue weighted by Crippen LogP contribution is -1.78. The van der Waals surface area contributed by atoms with Crippen LogP contribution in [0.15, 0.2) is 0 Å². The molecule has 0 saturated heterocycles. The summed E-state index contributed by atoms with van der Waals surface area (Å²) in [6, 6.07) is 0.500. The van der Waals surface area contributed by atoms with E-state index in [1.807, 2.05) is 0 Å². The molecular weight excluding hydrogens is 80.1 g/mol. The number of terminal acetylenes is 1. The molecule has 0 aliphatic rings. The maximum atomic E-state index is 7.95. The molecule has 0 amide bonds. The average Bonchev–Trinajstić information content (AvgIpc) is 1.41. The molecule has 0 unspecified atom stereocenters. The van der Waals surface area contributed by atoms with Gasteiger partial charge in [0.25, 0.3) is 0 Å². The summed E-state index contributed by atoms with van der Waals surface area (Å²) in [5, 5.41) is 0. The third kappa shape index (κ3) is 3.74. The molecule has 1 N–H and O–H groups in total. The third-order valence-electron chi connectivity index (χ3n) is 0.181. The average molecular weight is 84.1 g/mol. The van der Waals surface area contributed by atoms with Crippen LogP contribution in [0.5, 0.6) is 0 Å². The Balaban J connectivity index is 2.48. The van der Waals surface area contributed by atoms with E-state index < -0.39 is 0 Å². The molecule has 0 aliphatic carbocycles. The zero-order valence-electron chi connectivity index (χ0n) is 2.73. The van der Waals surface area contributed by atoms with Gasteiger partial charge in [0, 0.05) is 6.04 Å². The molecule has 0 aromatic carbocycles. The van der Waals surface area contributed by atoms with Crippen molar-refractivity contribution in [1.29, 1.82) is 0 Å². The van der Waals surface area contributed by atoms with Crippen molar-refractivity contribution in [1.82, 2.24) is 0 Å². The van der Waals surface area contributed by atoms with Gasteiger partial charge in [-0.25, -0.2) is 0 Å². The Morgan fingerprint density at radius 3 is 2.60 bits per heavy atom. The summed E-state index contributed by atoms with van der Waals surface area (Å²) < 4.78 is 0. The van der Waals surface area contributed by atoms with Crippen LogP contribution in [0.4, 0.5) is 0 Å². The van der Waals surface area contributed by atoms with E-state index in [1.54, 1.807) is 0 Å². The minimum absolute atomic E-state index is 0.0783. The first-order valence-electron chi connectivity index (χ1n) is 1.22. The second-order valence-corrected chi connectivity index (χ2v) is 1.21. The van der Waals surface area contributed by atoms with Gasteiger partial charge in [-0.1, -0.05) is 0 Å². The maximum absolute atomic E-state index is 7.95. The van der Waals surface area contributed by atoms with Crippen LogP contribution in [0.3, 0.4) is 0 Å². The van der Waals surface area contributed by atoms with Gasteiger partial charge in [-0.05, 0) is 0 Å². The summed E-state index contributed by atoms with van der Waals surface area (Å²) in [5.41, 5.74) is 0. The van der Waals surface area contributed by atoms with E-state index in [4.69, 9.17) is 11.2 Å². The number of hydrogen-bond acceptors (Lipinski definition) is 1. The second-order valence-electron chi connectivity index (χ2n) is 0.539. The van der Waals surface area contributed by atoms with Crippen molar-refractivity contribution in [2.24, 2.45) is 0 Å². The lowest BCUT2D eigenvalue weighted by Gasteiger charge is -1.65. The first-order chi connectivity index (χ1) is 2.41. The monoisotopic (exact) mass is 84.0 g/mol. The summed E-state index contributed by atoms with van der Waals surface area (Å²) in [4.78, 5) is 7.95. The van der Waals surface area contributed by atoms with Crippen LogP contribution in [-0.4, -0.2) is 14.6 Å². The molecule has 0 fully saturated rings. The highest BCUT2D eigenvalue weighted by molar-refractivity contribution is 6.26. The Hall–Kier alpha value is -0.263. The normalized spacial score (nSPS) is 6.40. The third-order valence-corrected chi connectivity index (χ3v) is 0.543.